The molecule has 0 unspecified atom stereocenters. The predicted octanol–water partition coefficient (Wildman–Crippen LogP) is 5.58. The van der Waals surface area contributed by atoms with Gasteiger partial charge in [0.1, 0.15) is 0 Å². The first kappa shape index (κ1) is 28.0. The maximum atomic E-state index is 17.1. The van der Waals surface area contributed by atoms with Crippen LogP contribution in [0, 0.1) is 11.7 Å². The number of methoxy groups -OCH3 is 1. The Kier molecular flexibility index (Phi) is 7.28. The van der Waals surface area contributed by atoms with Gasteiger partial charge in [-0.25, -0.2) is 9.18 Å². The third-order valence-corrected chi connectivity index (χ3v) is 8.52. The number of benzene rings is 2. The number of halogens is 1. The van der Waals surface area contributed by atoms with Gasteiger partial charge in [0, 0.05) is 43.0 Å². The number of nitrogens with one attached hydrogen (secondary N) is 3. The van der Waals surface area contributed by atoms with Crippen LogP contribution < -0.4 is 16.3 Å². The van der Waals surface area contributed by atoms with Crippen LogP contribution in [0.3, 0.4) is 0 Å². The lowest BCUT2D eigenvalue weighted by Gasteiger charge is -2.33. The van der Waals surface area contributed by atoms with Crippen LogP contribution in [0.2, 0.25) is 0 Å². The molecular weight excluding hydrogens is 535 g/mol. The second kappa shape index (κ2) is 10.9. The van der Waals surface area contributed by atoms with Gasteiger partial charge in [0.05, 0.1) is 46.6 Å². The Morgan fingerprint density at radius 1 is 1.19 bits per heavy atom. The average molecular weight is 573 g/mol. The summed E-state index contributed by atoms with van der Waals surface area (Å²) in [6.45, 7) is 6.87. The lowest BCUT2D eigenvalue weighted by molar-refractivity contribution is 0.0552. The molecule has 1 atom stereocenters. The smallest absolute Gasteiger partial charge is 0.407 e. The molecule has 2 aromatic carbocycles. The van der Waals surface area contributed by atoms with E-state index in [4.69, 9.17) is 14.5 Å². The summed E-state index contributed by atoms with van der Waals surface area (Å²) in [7, 11) is 3.24. The van der Waals surface area contributed by atoms with E-state index in [0.29, 0.717) is 24.3 Å². The van der Waals surface area contributed by atoms with Crippen molar-refractivity contribution in [1.29, 1.82) is 0 Å². The van der Waals surface area contributed by atoms with E-state index in [0.717, 1.165) is 51.8 Å². The van der Waals surface area contributed by atoms with Crippen LogP contribution in [0.5, 0.6) is 0 Å². The number of carbonyl (C=O) groups excluding carboxylic acids is 1. The molecule has 0 bridgehead atoms. The molecule has 0 aliphatic carbocycles. The van der Waals surface area contributed by atoms with E-state index in [2.05, 4.69) is 39.0 Å². The zero-order valence-corrected chi connectivity index (χ0v) is 24.6. The maximum Gasteiger partial charge on any atom is 0.407 e. The van der Waals surface area contributed by atoms with Gasteiger partial charge in [0.2, 0.25) is 0 Å². The first-order valence-electron chi connectivity index (χ1n) is 14.3. The third kappa shape index (κ3) is 4.74. The summed E-state index contributed by atoms with van der Waals surface area (Å²) in [6.07, 6.45) is 2.93. The van der Waals surface area contributed by atoms with Crippen molar-refractivity contribution < 1.29 is 18.7 Å². The average Bonchev–Trinajstić information content (AvgIpc) is 3.50. The molecular formula is C32H37FN6O3. The number of alkyl carbamates (subject to hydrolysis) is 1. The van der Waals surface area contributed by atoms with Crippen LogP contribution in [0.25, 0.3) is 27.6 Å². The molecule has 2 aliphatic heterocycles. The number of fused-ring (bicyclic) bond motifs is 3. The first-order valence-corrected chi connectivity index (χ1v) is 14.3. The Hall–Kier alpha value is -4.15. The van der Waals surface area contributed by atoms with Crippen LogP contribution in [-0.4, -0.2) is 48.0 Å². The highest BCUT2D eigenvalue weighted by Gasteiger charge is 2.34. The molecule has 3 N–H and O–H groups in total. The molecule has 1 fully saturated rings. The van der Waals surface area contributed by atoms with Crippen molar-refractivity contribution in [1.82, 2.24) is 30.8 Å². The monoisotopic (exact) mass is 572 g/mol. The van der Waals surface area contributed by atoms with E-state index in [1.807, 2.05) is 49.4 Å². The summed E-state index contributed by atoms with van der Waals surface area (Å²) in [6, 6.07) is 15.9. The molecule has 2 aromatic heterocycles. The minimum Gasteiger partial charge on any atom is -0.453 e. The second-order valence-electron chi connectivity index (χ2n) is 11.6. The molecule has 4 heterocycles. The number of pyridine rings is 1. The van der Waals surface area contributed by atoms with E-state index in [9.17, 15) is 4.79 Å². The Labute approximate surface area is 244 Å². The summed E-state index contributed by atoms with van der Waals surface area (Å²) >= 11 is 0. The minimum absolute atomic E-state index is 0.166. The highest BCUT2D eigenvalue weighted by Crippen LogP contribution is 2.43. The number of hydrogen-bond donors (Lipinski definition) is 3. The maximum absolute atomic E-state index is 17.1. The number of nitrogens with zero attached hydrogens (tertiary/aromatic N) is 3. The Morgan fingerprint density at radius 3 is 2.60 bits per heavy atom. The number of hydrazine groups is 2. The zero-order chi connectivity index (χ0) is 29.6. The van der Waals surface area contributed by atoms with Gasteiger partial charge in [-0.1, -0.05) is 42.5 Å². The van der Waals surface area contributed by atoms with E-state index in [1.165, 1.54) is 7.11 Å². The molecule has 6 rings (SSSR count). The summed E-state index contributed by atoms with van der Waals surface area (Å²) in [5, 5.41) is 5.43. The van der Waals surface area contributed by atoms with Crippen molar-refractivity contribution in [3.63, 3.8) is 0 Å². The SMILES string of the molecule is COC(=O)NC(C)(C)c1ccc2c3ncc(C4=C(C)NNN4C)cc3n([C@H](c3ccccc3)C3CCOCC3)c2c1F. The minimum atomic E-state index is -1.03. The first-order chi connectivity index (χ1) is 20.2. The predicted molar refractivity (Wildman–Crippen MR) is 161 cm³/mol. The number of rotatable bonds is 6. The second-order valence-corrected chi connectivity index (χ2v) is 11.6. The number of allylic oxidation sites excluding steroid dienone is 1. The van der Waals surface area contributed by atoms with Gasteiger partial charge < -0.3 is 24.8 Å². The molecule has 0 radical (unpaired) electrons. The number of amides is 1. The Bertz CT molecular complexity index is 1680. The highest BCUT2D eigenvalue weighted by atomic mass is 19.1. The number of ether oxygens (including phenoxy) is 2. The summed E-state index contributed by atoms with van der Waals surface area (Å²) in [4.78, 5) is 17.1. The number of carbonyl (C=O) groups is 1. The summed E-state index contributed by atoms with van der Waals surface area (Å²) in [5.41, 5.74) is 11.6. The third-order valence-electron chi connectivity index (χ3n) is 8.52. The van der Waals surface area contributed by atoms with E-state index >= 15 is 4.39 Å². The fraction of sp³-hybridized carbons (Fsp3) is 0.375. The van der Waals surface area contributed by atoms with Crippen molar-refractivity contribution in [2.45, 2.75) is 45.2 Å². The summed E-state index contributed by atoms with van der Waals surface area (Å²) in [5.74, 6) is -0.176. The van der Waals surface area contributed by atoms with Crippen molar-refractivity contribution in [3.05, 3.63) is 82.9 Å². The van der Waals surface area contributed by atoms with E-state index in [1.54, 1.807) is 19.9 Å². The van der Waals surface area contributed by atoms with Crippen molar-refractivity contribution in [3.8, 4) is 0 Å². The van der Waals surface area contributed by atoms with Gasteiger partial charge in [-0.05, 0) is 51.2 Å². The van der Waals surface area contributed by atoms with Crippen molar-refractivity contribution in [2.75, 3.05) is 27.4 Å². The van der Waals surface area contributed by atoms with Crippen LogP contribution in [0.1, 0.15) is 56.3 Å². The molecule has 42 heavy (non-hydrogen) atoms. The normalized spacial score (nSPS) is 17.1. The van der Waals surface area contributed by atoms with Gasteiger partial charge >= 0.3 is 6.09 Å². The zero-order valence-electron chi connectivity index (χ0n) is 24.6. The lowest BCUT2D eigenvalue weighted by atomic mass is 9.86. The molecule has 0 spiro atoms. The molecule has 10 heteroatoms. The van der Waals surface area contributed by atoms with E-state index < -0.39 is 17.4 Å². The van der Waals surface area contributed by atoms with Gasteiger partial charge in [-0.3, -0.25) is 9.99 Å². The van der Waals surface area contributed by atoms with Gasteiger partial charge in [-0.2, -0.15) is 0 Å². The van der Waals surface area contributed by atoms with Crippen LogP contribution >= 0.6 is 0 Å². The lowest BCUT2D eigenvalue weighted by Crippen LogP contribution is -2.41. The van der Waals surface area contributed by atoms with E-state index in [-0.39, 0.29) is 12.0 Å². The molecule has 220 valence electrons. The topological polar surface area (TPSA) is 92.7 Å². The fourth-order valence-corrected chi connectivity index (χ4v) is 6.49. The molecule has 0 saturated carbocycles. The van der Waals surface area contributed by atoms with Gasteiger partial charge in [-0.15, -0.1) is 5.53 Å². The van der Waals surface area contributed by atoms with Gasteiger partial charge in [0.15, 0.2) is 5.82 Å². The quantitative estimate of drug-likeness (QED) is 0.278. The molecule has 2 aliphatic rings. The standard InChI is InChI=1S/C32H37FN6O3/c1-19-28(38(4)37-36-19)22-17-25-27(34-18-22)23-11-12-24(32(2,3)35-31(40)41-5)26(33)30(23)39(25)29(20-9-7-6-8-10-20)21-13-15-42-16-14-21/h6-12,17-18,21,29,36-37H,13-16H2,1-5H3,(H,35,40)/t29-/m1/s1. The van der Waals surface area contributed by atoms with Crippen LogP contribution in [0.4, 0.5) is 9.18 Å². The van der Waals surface area contributed by atoms with Gasteiger partial charge in [0.25, 0.3) is 0 Å². The van der Waals surface area contributed by atoms with Crippen molar-refractivity contribution in [2.24, 2.45) is 5.92 Å². The summed E-state index contributed by atoms with van der Waals surface area (Å²) < 4.78 is 29.8. The molecule has 9 nitrogen and oxygen atoms in total. The molecule has 4 aromatic rings. The molecule has 1 amide bonds. The number of hydrogen-bond acceptors (Lipinski definition) is 7. The Morgan fingerprint density at radius 2 is 1.93 bits per heavy atom. The highest BCUT2D eigenvalue weighted by molar-refractivity contribution is 6.07. The van der Waals surface area contributed by atoms with Crippen molar-refractivity contribution >= 4 is 33.7 Å². The Balaban J connectivity index is 1.68. The molecule has 1 saturated heterocycles. The fourth-order valence-electron chi connectivity index (χ4n) is 6.49. The van der Waals surface area contributed by atoms with Crippen LogP contribution in [-0.2, 0) is 15.0 Å². The number of aromatic nitrogens is 2. The van der Waals surface area contributed by atoms with Crippen LogP contribution in [0.15, 0.2) is 60.4 Å². The largest absolute Gasteiger partial charge is 0.453 e.